The van der Waals surface area contributed by atoms with Crippen LogP contribution in [0.3, 0.4) is 0 Å². The molecule has 1 unspecified atom stereocenters. The van der Waals surface area contributed by atoms with Crippen LogP contribution in [0.25, 0.3) is 10.2 Å². The number of thiazole rings is 1. The Bertz CT molecular complexity index is 1210. The first-order valence-corrected chi connectivity index (χ1v) is 11.5. The number of aromatic nitrogens is 1. The number of fused-ring (bicyclic) bond motifs is 3. The van der Waals surface area contributed by atoms with Crippen LogP contribution >= 0.6 is 23.1 Å². The van der Waals surface area contributed by atoms with Gasteiger partial charge in [0.1, 0.15) is 12.1 Å². The Kier molecular flexibility index (Phi) is 4.52. The summed E-state index contributed by atoms with van der Waals surface area (Å²) in [6.07, 6.45) is 3.19. The van der Waals surface area contributed by atoms with Crippen molar-refractivity contribution in [3.63, 3.8) is 0 Å². The minimum absolute atomic E-state index is 0.328. The molecule has 2 aromatic carbocycles. The Labute approximate surface area is 180 Å². The van der Waals surface area contributed by atoms with E-state index in [4.69, 9.17) is 0 Å². The number of hydrogen-bond acceptors (Lipinski definition) is 6. The number of aryl methyl sites for hydroxylation is 1. The number of urea groups is 1. The quantitative estimate of drug-likeness (QED) is 0.482. The Morgan fingerprint density at radius 2 is 2.13 bits per heavy atom. The molecule has 1 saturated heterocycles. The van der Waals surface area contributed by atoms with E-state index in [0.717, 1.165) is 37.0 Å². The zero-order valence-corrected chi connectivity index (χ0v) is 17.7. The van der Waals surface area contributed by atoms with Crippen molar-refractivity contribution in [3.8, 4) is 0 Å². The normalized spacial score (nSPS) is 20.1. The van der Waals surface area contributed by atoms with E-state index in [1.54, 1.807) is 29.2 Å². The third kappa shape index (κ3) is 2.96. The maximum absolute atomic E-state index is 13.2. The highest BCUT2D eigenvalue weighted by Gasteiger charge is 2.55. The molecule has 0 bridgehead atoms. The summed E-state index contributed by atoms with van der Waals surface area (Å²) in [5, 5.41) is 5.62. The molecule has 0 radical (unpaired) electrons. The third-order valence-corrected chi connectivity index (χ3v) is 7.55. The molecule has 2 N–H and O–H groups in total. The highest BCUT2D eigenvalue weighted by Crippen LogP contribution is 2.41. The molecule has 0 saturated carbocycles. The van der Waals surface area contributed by atoms with Crippen LogP contribution in [-0.4, -0.2) is 40.5 Å². The molecule has 5 rings (SSSR count). The second kappa shape index (κ2) is 7.10. The summed E-state index contributed by atoms with van der Waals surface area (Å²) in [5.41, 5.74) is 2.31. The number of carbonyl (C=O) groups is 3. The number of thioether (sulfide) groups is 1. The van der Waals surface area contributed by atoms with Crippen molar-refractivity contribution in [2.45, 2.75) is 22.7 Å². The van der Waals surface area contributed by atoms with Crippen molar-refractivity contribution in [1.29, 1.82) is 0 Å². The zero-order chi connectivity index (χ0) is 20.9. The molecular formula is C21H18N4O3S2. The first-order valence-electron chi connectivity index (χ1n) is 9.47. The summed E-state index contributed by atoms with van der Waals surface area (Å²) < 4.78 is 1.92. The van der Waals surface area contributed by atoms with Crippen molar-refractivity contribution < 1.29 is 14.4 Å². The lowest BCUT2D eigenvalue weighted by Gasteiger charge is -2.22. The van der Waals surface area contributed by atoms with Gasteiger partial charge in [-0.25, -0.2) is 9.78 Å². The van der Waals surface area contributed by atoms with E-state index in [1.165, 1.54) is 0 Å². The summed E-state index contributed by atoms with van der Waals surface area (Å²) in [6.45, 7) is -0.328. The monoisotopic (exact) mass is 438 g/mol. The maximum Gasteiger partial charge on any atom is 0.325 e. The Balaban J connectivity index is 1.33. The lowest BCUT2D eigenvalue weighted by molar-refractivity contribution is -0.134. The van der Waals surface area contributed by atoms with E-state index in [1.807, 2.05) is 42.7 Å². The van der Waals surface area contributed by atoms with Gasteiger partial charge >= 0.3 is 6.03 Å². The molecule has 4 amide bonds. The van der Waals surface area contributed by atoms with Crippen LogP contribution in [-0.2, 0) is 21.5 Å². The van der Waals surface area contributed by atoms with Crippen LogP contribution < -0.4 is 10.6 Å². The van der Waals surface area contributed by atoms with Crippen LogP contribution in [0, 0.1) is 0 Å². The molecule has 3 aromatic rings. The summed E-state index contributed by atoms with van der Waals surface area (Å²) in [7, 11) is 0. The lowest BCUT2D eigenvalue weighted by Crippen LogP contribution is -2.42. The number of benzene rings is 2. The summed E-state index contributed by atoms with van der Waals surface area (Å²) >= 11 is 3.12. The van der Waals surface area contributed by atoms with E-state index < -0.39 is 17.5 Å². The van der Waals surface area contributed by atoms with Crippen molar-refractivity contribution in [2.24, 2.45) is 0 Å². The Morgan fingerprint density at radius 1 is 1.30 bits per heavy atom. The number of anilines is 1. The van der Waals surface area contributed by atoms with E-state index in [-0.39, 0.29) is 12.5 Å². The third-order valence-electron chi connectivity index (χ3n) is 5.55. The van der Waals surface area contributed by atoms with Gasteiger partial charge in [0.2, 0.25) is 5.91 Å². The van der Waals surface area contributed by atoms with Gasteiger partial charge in [0, 0.05) is 5.69 Å². The number of rotatable bonds is 4. The SMILES string of the molecule is CSc1nc2ccc(NC(=O)CN3C(=O)NC4(CCc5ccccc54)C3=O)cc2s1. The van der Waals surface area contributed by atoms with Gasteiger partial charge in [-0.15, -0.1) is 11.3 Å². The lowest BCUT2D eigenvalue weighted by atomic mass is 9.92. The zero-order valence-electron chi connectivity index (χ0n) is 16.1. The molecule has 9 heteroatoms. The van der Waals surface area contributed by atoms with E-state index in [2.05, 4.69) is 15.6 Å². The average Bonchev–Trinajstić information content (AvgIpc) is 3.39. The van der Waals surface area contributed by atoms with Crippen molar-refractivity contribution in [2.75, 3.05) is 18.1 Å². The van der Waals surface area contributed by atoms with Gasteiger partial charge in [-0.1, -0.05) is 36.0 Å². The second-order valence-corrected chi connectivity index (χ2v) is 9.38. The molecule has 2 heterocycles. The van der Waals surface area contributed by atoms with Gasteiger partial charge in [-0.05, 0) is 48.4 Å². The van der Waals surface area contributed by atoms with Gasteiger partial charge in [-0.2, -0.15) is 0 Å². The number of nitrogens with zero attached hydrogens (tertiary/aromatic N) is 2. The fourth-order valence-corrected chi connectivity index (χ4v) is 5.67. The first-order chi connectivity index (χ1) is 14.5. The van der Waals surface area contributed by atoms with Gasteiger partial charge in [0.05, 0.1) is 10.2 Å². The first kappa shape index (κ1) is 19.1. The Hall–Kier alpha value is -2.91. The molecule has 1 fully saturated rings. The molecule has 30 heavy (non-hydrogen) atoms. The largest absolute Gasteiger partial charge is 0.325 e. The molecule has 152 valence electrons. The van der Waals surface area contributed by atoms with Gasteiger partial charge in [0.15, 0.2) is 4.34 Å². The number of nitrogens with one attached hydrogen (secondary N) is 2. The van der Waals surface area contributed by atoms with E-state index in [9.17, 15) is 14.4 Å². The van der Waals surface area contributed by atoms with Crippen LogP contribution in [0.2, 0.25) is 0 Å². The second-order valence-electron chi connectivity index (χ2n) is 7.30. The van der Waals surface area contributed by atoms with Gasteiger partial charge in [0.25, 0.3) is 5.91 Å². The number of amides is 4. The molecule has 1 aliphatic heterocycles. The van der Waals surface area contributed by atoms with Crippen LogP contribution in [0.1, 0.15) is 17.5 Å². The Morgan fingerprint density at radius 3 is 2.97 bits per heavy atom. The maximum atomic E-state index is 13.2. The standard InChI is InChI=1S/C21H18N4O3S2/c1-29-20-23-15-7-6-13(10-16(15)30-20)22-17(26)11-25-18(27)21(24-19(25)28)9-8-12-4-2-3-5-14(12)21/h2-7,10H,8-9,11H2,1H3,(H,22,26)(H,24,28). The molecular weight excluding hydrogens is 420 g/mol. The van der Waals surface area contributed by atoms with Crippen LogP contribution in [0.15, 0.2) is 46.8 Å². The topological polar surface area (TPSA) is 91.4 Å². The fourth-order valence-electron chi connectivity index (χ4n) is 4.15. The summed E-state index contributed by atoms with van der Waals surface area (Å²) in [4.78, 5) is 43.8. The fraction of sp³-hybridized carbons (Fsp3) is 0.238. The molecule has 7 nitrogen and oxygen atoms in total. The summed E-state index contributed by atoms with van der Waals surface area (Å²) in [6, 6.07) is 12.6. The van der Waals surface area contributed by atoms with Crippen LogP contribution in [0.4, 0.5) is 10.5 Å². The molecule has 1 atom stereocenters. The van der Waals surface area contributed by atoms with Crippen LogP contribution in [0.5, 0.6) is 0 Å². The van der Waals surface area contributed by atoms with Crippen molar-refractivity contribution in [3.05, 3.63) is 53.6 Å². The minimum atomic E-state index is -1.05. The predicted octanol–water partition coefficient (Wildman–Crippen LogP) is 3.35. The van der Waals surface area contributed by atoms with E-state index >= 15 is 0 Å². The van der Waals surface area contributed by atoms with Crippen molar-refractivity contribution in [1.82, 2.24) is 15.2 Å². The summed E-state index contributed by atoms with van der Waals surface area (Å²) in [5.74, 6) is -0.786. The predicted molar refractivity (Wildman–Crippen MR) is 117 cm³/mol. The molecule has 1 spiro atoms. The smallest absolute Gasteiger partial charge is 0.324 e. The van der Waals surface area contributed by atoms with Crippen molar-refractivity contribution >= 4 is 56.8 Å². The highest BCUT2D eigenvalue weighted by atomic mass is 32.2. The van der Waals surface area contributed by atoms with Gasteiger partial charge in [-0.3, -0.25) is 14.5 Å². The average molecular weight is 439 g/mol. The minimum Gasteiger partial charge on any atom is -0.324 e. The van der Waals surface area contributed by atoms with Gasteiger partial charge < -0.3 is 10.6 Å². The number of hydrogen-bond donors (Lipinski definition) is 2. The number of carbonyl (C=O) groups excluding carboxylic acids is 3. The molecule has 1 aromatic heterocycles. The molecule has 1 aliphatic carbocycles. The highest BCUT2D eigenvalue weighted by molar-refractivity contribution is 8.00. The van der Waals surface area contributed by atoms with E-state index in [0.29, 0.717) is 12.1 Å². The number of imide groups is 1. The molecule has 2 aliphatic rings.